The van der Waals surface area contributed by atoms with E-state index in [9.17, 15) is 4.79 Å². The van der Waals surface area contributed by atoms with Crippen molar-refractivity contribution in [3.05, 3.63) is 54.0 Å². The molecule has 4 rings (SSSR count). The molecule has 134 valence electrons. The Bertz CT molecular complexity index is 903. The van der Waals surface area contributed by atoms with Crippen LogP contribution in [0.2, 0.25) is 0 Å². The number of carbonyl (C=O) groups is 1. The van der Waals surface area contributed by atoms with Crippen molar-refractivity contribution in [1.82, 2.24) is 30.1 Å². The van der Waals surface area contributed by atoms with Gasteiger partial charge in [-0.15, -0.1) is 5.10 Å². The summed E-state index contributed by atoms with van der Waals surface area (Å²) >= 11 is 0. The Balaban J connectivity index is 1.53. The van der Waals surface area contributed by atoms with E-state index in [1.54, 1.807) is 22.8 Å². The highest BCUT2D eigenvalue weighted by atomic mass is 16.5. The summed E-state index contributed by atoms with van der Waals surface area (Å²) in [7, 11) is 3.48. The molecule has 26 heavy (non-hydrogen) atoms. The van der Waals surface area contributed by atoms with E-state index in [1.165, 1.54) is 0 Å². The first kappa shape index (κ1) is 16.5. The topological polar surface area (TPSA) is 88.9 Å². The highest BCUT2D eigenvalue weighted by Crippen LogP contribution is 2.29. The molecule has 0 spiro atoms. The van der Waals surface area contributed by atoms with E-state index in [0.717, 1.165) is 17.0 Å². The zero-order chi connectivity index (χ0) is 18.1. The van der Waals surface area contributed by atoms with Gasteiger partial charge in [-0.05, 0) is 6.07 Å². The average Bonchev–Trinajstić information content (AvgIpc) is 3.40. The number of methoxy groups -OCH3 is 1. The number of rotatable bonds is 4. The lowest BCUT2D eigenvalue weighted by Crippen LogP contribution is -2.30. The summed E-state index contributed by atoms with van der Waals surface area (Å²) in [6.07, 6.45) is 1.76. The first-order valence-corrected chi connectivity index (χ1v) is 8.45. The van der Waals surface area contributed by atoms with E-state index in [2.05, 4.69) is 20.5 Å². The number of H-pyrrole nitrogens is 1. The van der Waals surface area contributed by atoms with E-state index in [1.807, 2.05) is 43.6 Å². The fourth-order valence-corrected chi connectivity index (χ4v) is 3.36. The van der Waals surface area contributed by atoms with E-state index >= 15 is 0 Å². The SMILES string of the molecule is CO[C@@H]1CN(C(=O)c2cc(-c3ccccc3)n[nH]2)C[C@H]1c1cn(C)nn1. The summed E-state index contributed by atoms with van der Waals surface area (Å²) in [5.41, 5.74) is 3.03. The molecule has 1 aromatic carbocycles. The lowest BCUT2D eigenvalue weighted by Gasteiger charge is -2.14. The quantitative estimate of drug-likeness (QED) is 0.768. The van der Waals surface area contributed by atoms with E-state index < -0.39 is 0 Å². The van der Waals surface area contributed by atoms with Gasteiger partial charge in [0.2, 0.25) is 0 Å². The van der Waals surface area contributed by atoms with Crippen LogP contribution in [0.1, 0.15) is 22.1 Å². The Morgan fingerprint density at radius 3 is 2.77 bits per heavy atom. The molecule has 0 aliphatic carbocycles. The lowest BCUT2D eigenvalue weighted by molar-refractivity contribution is 0.0709. The maximum Gasteiger partial charge on any atom is 0.271 e. The largest absolute Gasteiger partial charge is 0.379 e. The van der Waals surface area contributed by atoms with Crippen molar-refractivity contribution >= 4 is 5.91 Å². The molecular weight excluding hydrogens is 332 g/mol. The zero-order valence-corrected chi connectivity index (χ0v) is 14.7. The second-order valence-electron chi connectivity index (χ2n) is 6.44. The molecule has 1 saturated heterocycles. The number of benzene rings is 1. The lowest BCUT2D eigenvalue weighted by atomic mass is 10.0. The predicted octanol–water partition coefficient (Wildman–Crippen LogP) is 1.46. The molecule has 8 heteroatoms. The standard InChI is InChI=1S/C18H20N6O2/c1-23-10-16(21-22-23)13-9-24(11-17(13)26-2)18(25)15-8-14(19-20-15)12-6-4-3-5-7-12/h3-8,10,13,17H,9,11H2,1-2H3,(H,19,20)/t13-,17+/m0/s1. The number of hydrogen-bond acceptors (Lipinski definition) is 5. The molecule has 0 bridgehead atoms. The molecule has 1 N–H and O–H groups in total. The van der Waals surface area contributed by atoms with Gasteiger partial charge in [-0.1, -0.05) is 35.5 Å². The Morgan fingerprint density at radius 2 is 2.08 bits per heavy atom. The van der Waals surface area contributed by atoms with Gasteiger partial charge in [0, 0.05) is 39.0 Å². The van der Waals surface area contributed by atoms with Gasteiger partial charge in [0.1, 0.15) is 5.69 Å². The molecule has 3 aromatic rings. The normalized spacial score (nSPS) is 19.8. The summed E-state index contributed by atoms with van der Waals surface area (Å²) < 4.78 is 7.24. The highest BCUT2D eigenvalue weighted by Gasteiger charge is 2.38. The third-order valence-corrected chi connectivity index (χ3v) is 4.73. The second-order valence-corrected chi connectivity index (χ2v) is 6.44. The summed E-state index contributed by atoms with van der Waals surface area (Å²) in [4.78, 5) is 14.7. The fourth-order valence-electron chi connectivity index (χ4n) is 3.36. The van der Waals surface area contributed by atoms with Gasteiger partial charge in [-0.2, -0.15) is 5.10 Å². The summed E-state index contributed by atoms with van der Waals surface area (Å²) in [5.74, 6) is -0.0812. The van der Waals surface area contributed by atoms with Gasteiger partial charge in [0.05, 0.1) is 23.4 Å². The number of ether oxygens (including phenoxy) is 1. The number of hydrogen-bond donors (Lipinski definition) is 1. The van der Waals surface area contributed by atoms with Crippen LogP contribution in [-0.4, -0.2) is 62.3 Å². The third kappa shape index (κ3) is 2.99. The molecule has 1 amide bonds. The molecular formula is C18H20N6O2. The molecule has 2 aromatic heterocycles. The maximum atomic E-state index is 12.9. The van der Waals surface area contributed by atoms with Crippen molar-refractivity contribution < 1.29 is 9.53 Å². The van der Waals surface area contributed by atoms with Crippen molar-refractivity contribution in [1.29, 1.82) is 0 Å². The minimum atomic E-state index is -0.104. The summed E-state index contributed by atoms with van der Waals surface area (Å²) in [6, 6.07) is 11.6. The number of aromatic amines is 1. The molecule has 1 aliphatic heterocycles. The van der Waals surface area contributed by atoms with Crippen molar-refractivity contribution in [3.63, 3.8) is 0 Å². The molecule has 1 aliphatic rings. The number of aryl methyl sites for hydroxylation is 1. The molecule has 0 radical (unpaired) electrons. The van der Waals surface area contributed by atoms with E-state index in [-0.39, 0.29) is 17.9 Å². The van der Waals surface area contributed by atoms with Crippen LogP contribution >= 0.6 is 0 Å². The van der Waals surface area contributed by atoms with Crippen LogP contribution in [-0.2, 0) is 11.8 Å². The first-order chi connectivity index (χ1) is 12.7. The monoisotopic (exact) mass is 352 g/mol. The molecule has 8 nitrogen and oxygen atoms in total. The minimum absolute atomic E-state index is 0.00849. The van der Waals surface area contributed by atoms with Crippen LogP contribution in [0.5, 0.6) is 0 Å². The Morgan fingerprint density at radius 1 is 1.27 bits per heavy atom. The van der Waals surface area contributed by atoms with Crippen molar-refractivity contribution in [3.8, 4) is 11.3 Å². The molecule has 2 atom stereocenters. The van der Waals surface area contributed by atoms with Crippen molar-refractivity contribution in [2.24, 2.45) is 7.05 Å². The van der Waals surface area contributed by atoms with Gasteiger partial charge in [0.25, 0.3) is 5.91 Å². The Labute approximate surface area is 150 Å². The highest BCUT2D eigenvalue weighted by molar-refractivity contribution is 5.93. The van der Waals surface area contributed by atoms with Crippen LogP contribution in [0.25, 0.3) is 11.3 Å². The first-order valence-electron chi connectivity index (χ1n) is 8.45. The average molecular weight is 352 g/mol. The van der Waals surface area contributed by atoms with Crippen LogP contribution in [0.3, 0.4) is 0 Å². The number of carbonyl (C=O) groups excluding carboxylic acids is 1. The summed E-state index contributed by atoms with van der Waals surface area (Å²) in [5, 5.41) is 15.3. The van der Waals surface area contributed by atoms with E-state index in [4.69, 9.17) is 4.74 Å². The molecule has 1 fully saturated rings. The van der Waals surface area contributed by atoms with Crippen LogP contribution in [0.15, 0.2) is 42.6 Å². The number of nitrogens with one attached hydrogen (secondary N) is 1. The fraction of sp³-hybridized carbons (Fsp3) is 0.333. The van der Waals surface area contributed by atoms with Gasteiger partial charge in [0.15, 0.2) is 0 Å². The van der Waals surface area contributed by atoms with Gasteiger partial charge in [-0.3, -0.25) is 14.6 Å². The smallest absolute Gasteiger partial charge is 0.271 e. The third-order valence-electron chi connectivity index (χ3n) is 4.73. The second kappa shape index (κ2) is 6.72. The van der Waals surface area contributed by atoms with E-state index in [0.29, 0.717) is 18.8 Å². The van der Waals surface area contributed by atoms with Crippen LogP contribution < -0.4 is 0 Å². The predicted molar refractivity (Wildman–Crippen MR) is 94.5 cm³/mol. The van der Waals surface area contributed by atoms with Crippen LogP contribution in [0.4, 0.5) is 0 Å². The zero-order valence-electron chi connectivity index (χ0n) is 14.7. The van der Waals surface area contributed by atoms with Gasteiger partial charge >= 0.3 is 0 Å². The minimum Gasteiger partial charge on any atom is -0.379 e. The number of amides is 1. The number of nitrogens with zero attached hydrogens (tertiary/aromatic N) is 5. The Kier molecular flexibility index (Phi) is 4.26. The Hall–Kier alpha value is -3.00. The van der Waals surface area contributed by atoms with Crippen LogP contribution in [0, 0.1) is 0 Å². The summed E-state index contributed by atoms with van der Waals surface area (Å²) in [6.45, 7) is 1.05. The van der Waals surface area contributed by atoms with Crippen molar-refractivity contribution in [2.75, 3.05) is 20.2 Å². The van der Waals surface area contributed by atoms with Gasteiger partial charge in [-0.25, -0.2) is 0 Å². The molecule has 3 heterocycles. The number of aromatic nitrogens is 5. The molecule has 0 unspecified atom stereocenters. The molecule has 0 saturated carbocycles. The maximum absolute atomic E-state index is 12.9. The van der Waals surface area contributed by atoms with Crippen molar-refractivity contribution in [2.45, 2.75) is 12.0 Å². The van der Waals surface area contributed by atoms with Gasteiger partial charge < -0.3 is 9.64 Å². The number of likely N-dealkylation sites (tertiary alicyclic amines) is 1.